The molecule has 2 heterocycles. The van der Waals surface area contributed by atoms with E-state index in [9.17, 15) is 12.8 Å². The first-order valence-corrected chi connectivity index (χ1v) is 10.3. The molecule has 0 saturated carbocycles. The maximum Gasteiger partial charge on any atom is 0.236 e. The van der Waals surface area contributed by atoms with Crippen LogP contribution in [-0.2, 0) is 15.3 Å². The number of nitrogens with zero attached hydrogens (tertiary/aromatic N) is 2. The molecule has 1 fully saturated rings. The Kier molecular flexibility index (Phi) is 4.86. The molecule has 1 aromatic heterocycles. The summed E-state index contributed by atoms with van der Waals surface area (Å²) in [5, 5.41) is -0.0800. The fraction of sp³-hybridized carbons (Fsp3) is 0.526. The molecular formula is C19H25FN2O3S. The third kappa shape index (κ3) is 3.63. The molecule has 7 heteroatoms. The van der Waals surface area contributed by atoms with Gasteiger partial charge in [-0.1, -0.05) is 27.7 Å². The molecule has 26 heavy (non-hydrogen) atoms. The third-order valence-corrected chi connectivity index (χ3v) is 6.34. The number of halogens is 1. The summed E-state index contributed by atoms with van der Waals surface area (Å²) in [4.78, 5) is 6.33. The van der Waals surface area contributed by atoms with Gasteiger partial charge in [-0.15, -0.1) is 0 Å². The van der Waals surface area contributed by atoms with Gasteiger partial charge in [0.25, 0.3) is 0 Å². The highest BCUT2D eigenvalue weighted by Crippen LogP contribution is 2.36. The molecule has 0 radical (unpaired) electrons. The molecule has 3 rings (SSSR count). The minimum atomic E-state index is -3.90. The second-order valence-corrected chi connectivity index (χ2v) is 9.87. The van der Waals surface area contributed by atoms with Gasteiger partial charge in [-0.2, -0.15) is 4.98 Å². The summed E-state index contributed by atoms with van der Waals surface area (Å²) in [6, 6.07) is 4.80. The van der Waals surface area contributed by atoms with E-state index >= 15 is 0 Å². The van der Waals surface area contributed by atoms with Crippen molar-refractivity contribution >= 4 is 15.7 Å². The van der Waals surface area contributed by atoms with Crippen LogP contribution in [0.5, 0.6) is 0 Å². The normalized spacial score (nSPS) is 16.9. The SMILES string of the molecule is CC1CCN(c2oc(C(C)(C)C)nc2S(=O)(=O)c2ccc(F)cc2)CC1. The van der Waals surface area contributed by atoms with E-state index in [0.29, 0.717) is 17.7 Å². The quantitative estimate of drug-likeness (QED) is 0.748. The molecule has 1 saturated heterocycles. The summed E-state index contributed by atoms with van der Waals surface area (Å²) < 4.78 is 45.4. The molecule has 0 aliphatic carbocycles. The van der Waals surface area contributed by atoms with Gasteiger partial charge in [0.1, 0.15) is 5.82 Å². The summed E-state index contributed by atoms with van der Waals surface area (Å²) in [6.07, 6.45) is 1.95. The fourth-order valence-electron chi connectivity index (χ4n) is 2.93. The number of benzene rings is 1. The molecule has 0 atom stereocenters. The monoisotopic (exact) mass is 380 g/mol. The summed E-state index contributed by atoms with van der Waals surface area (Å²) in [5.41, 5.74) is -0.422. The maximum atomic E-state index is 13.2. The maximum absolute atomic E-state index is 13.2. The van der Waals surface area contributed by atoms with Crippen molar-refractivity contribution in [3.05, 3.63) is 36.0 Å². The highest BCUT2D eigenvalue weighted by molar-refractivity contribution is 7.91. The molecule has 0 amide bonds. The number of aromatic nitrogens is 1. The van der Waals surface area contributed by atoms with Crippen LogP contribution in [0.4, 0.5) is 10.3 Å². The van der Waals surface area contributed by atoms with Gasteiger partial charge >= 0.3 is 0 Å². The highest BCUT2D eigenvalue weighted by Gasteiger charge is 2.34. The molecule has 1 aromatic carbocycles. The number of hydrogen-bond donors (Lipinski definition) is 0. The van der Waals surface area contributed by atoms with Gasteiger partial charge in [-0.05, 0) is 43.0 Å². The Morgan fingerprint density at radius 3 is 2.27 bits per heavy atom. The van der Waals surface area contributed by atoms with Crippen molar-refractivity contribution in [1.29, 1.82) is 0 Å². The lowest BCUT2D eigenvalue weighted by molar-refractivity contribution is 0.372. The fourth-order valence-corrected chi connectivity index (χ4v) is 4.25. The molecular weight excluding hydrogens is 355 g/mol. The van der Waals surface area contributed by atoms with Crippen LogP contribution in [0.1, 0.15) is 46.4 Å². The van der Waals surface area contributed by atoms with E-state index in [0.717, 1.165) is 38.1 Å². The van der Waals surface area contributed by atoms with Crippen LogP contribution in [0.3, 0.4) is 0 Å². The third-order valence-electron chi connectivity index (χ3n) is 4.67. The molecule has 0 unspecified atom stereocenters. The summed E-state index contributed by atoms with van der Waals surface area (Å²) >= 11 is 0. The number of oxazole rings is 1. The predicted octanol–water partition coefficient (Wildman–Crippen LogP) is 4.18. The smallest absolute Gasteiger partial charge is 0.236 e. The minimum absolute atomic E-state index is 0.0132. The molecule has 2 aromatic rings. The van der Waals surface area contributed by atoms with Crippen molar-refractivity contribution in [2.45, 2.75) is 55.9 Å². The number of hydrogen-bond acceptors (Lipinski definition) is 5. The van der Waals surface area contributed by atoms with Crippen LogP contribution in [0.2, 0.25) is 0 Å². The van der Waals surface area contributed by atoms with E-state index in [4.69, 9.17) is 4.42 Å². The van der Waals surface area contributed by atoms with Crippen molar-refractivity contribution in [3.63, 3.8) is 0 Å². The van der Waals surface area contributed by atoms with Crippen molar-refractivity contribution in [2.24, 2.45) is 5.92 Å². The van der Waals surface area contributed by atoms with Crippen LogP contribution < -0.4 is 4.90 Å². The first-order valence-electron chi connectivity index (χ1n) is 8.86. The largest absolute Gasteiger partial charge is 0.423 e. The van der Waals surface area contributed by atoms with E-state index < -0.39 is 21.1 Å². The number of anilines is 1. The summed E-state index contributed by atoms with van der Waals surface area (Å²) in [6.45, 7) is 9.42. The van der Waals surface area contributed by atoms with Gasteiger partial charge < -0.3 is 9.32 Å². The van der Waals surface area contributed by atoms with E-state index in [2.05, 4.69) is 11.9 Å². The molecule has 5 nitrogen and oxygen atoms in total. The van der Waals surface area contributed by atoms with Crippen molar-refractivity contribution in [1.82, 2.24) is 4.98 Å². The Hall–Kier alpha value is -1.89. The van der Waals surface area contributed by atoms with Gasteiger partial charge in [-0.3, -0.25) is 0 Å². The standard InChI is InChI=1S/C19H25FN2O3S/c1-13-9-11-22(12-10-13)17-16(21-18(25-17)19(2,3)4)26(23,24)15-7-5-14(20)6-8-15/h5-8,13H,9-12H2,1-4H3. The Morgan fingerprint density at radius 2 is 1.73 bits per heavy atom. The van der Waals surface area contributed by atoms with E-state index in [1.54, 1.807) is 0 Å². The Labute approximate surface area is 154 Å². The summed E-state index contributed by atoms with van der Waals surface area (Å²) in [7, 11) is -3.90. The molecule has 1 aliphatic heterocycles. The second kappa shape index (κ2) is 6.68. The predicted molar refractivity (Wildman–Crippen MR) is 97.7 cm³/mol. The second-order valence-electron chi connectivity index (χ2n) is 8.01. The lowest BCUT2D eigenvalue weighted by Crippen LogP contribution is -2.33. The first kappa shape index (κ1) is 18.9. The van der Waals surface area contributed by atoms with Crippen LogP contribution in [0.25, 0.3) is 0 Å². The number of piperidine rings is 1. The molecule has 0 N–H and O–H groups in total. The van der Waals surface area contributed by atoms with Gasteiger partial charge in [0, 0.05) is 18.5 Å². The van der Waals surface area contributed by atoms with E-state index in [-0.39, 0.29) is 9.92 Å². The highest BCUT2D eigenvalue weighted by atomic mass is 32.2. The van der Waals surface area contributed by atoms with Crippen LogP contribution >= 0.6 is 0 Å². The van der Waals surface area contributed by atoms with Crippen LogP contribution in [0.15, 0.2) is 38.6 Å². The van der Waals surface area contributed by atoms with Crippen molar-refractivity contribution < 1.29 is 17.2 Å². The number of sulfone groups is 1. The Bertz CT molecular complexity index is 874. The average Bonchev–Trinajstić information content (AvgIpc) is 3.02. The Morgan fingerprint density at radius 1 is 1.15 bits per heavy atom. The Balaban J connectivity index is 2.10. The molecule has 0 spiro atoms. The van der Waals surface area contributed by atoms with Crippen LogP contribution in [0, 0.1) is 11.7 Å². The first-order chi connectivity index (χ1) is 12.1. The zero-order valence-electron chi connectivity index (χ0n) is 15.6. The zero-order valence-corrected chi connectivity index (χ0v) is 16.4. The molecule has 0 bridgehead atoms. The van der Waals surface area contributed by atoms with Crippen LogP contribution in [-0.4, -0.2) is 26.5 Å². The molecule has 1 aliphatic rings. The molecule has 142 valence electrons. The van der Waals surface area contributed by atoms with Crippen molar-refractivity contribution in [2.75, 3.05) is 18.0 Å². The van der Waals surface area contributed by atoms with Crippen molar-refractivity contribution in [3.8, 4) is 0 Å². The zero-order chi connectivity index (χ0) is 19.1. The van der Waals surface area contributed by atoms with Gasteiger partial charge in [0.15, 0.2) is 0 Å². The van der Waals surface area contributed by atoms with E-state index in [1.807, 2.05) is 25.7 Å². The minimum Gasteiger partial charge on any atom is -0.423 e. The summed E-state index contributed by atoms with van der Waals surface area (Å²) in [5.74, 6) is 0.802. The van der Waals surface area contributed by atoms with Gasteiger partial charge in [0.05, 0.1) is 4.90 Å². The lowest BCUT2D eigenvalue weighted by Gasteiger charge is -2.30. The van der Waals surface area contributed by atoms with Gasteiger partial charge in [0.2, 0.25) is 26.6 Å². The van der Waals surface area contributed by atoms with E-state index in [1.165, 1.54) is 12.1 Å². The lowest BCUT2D eigenvalue weighted by atomic mass is 9.97. The average molecular weight is 380 g/mol. The van der Waals surface area contributed by atoms with Gasteiger partial charge in [-0.25, -0.2) is 12.8 Å². The number of rotatable bonds is 3. The topological polar surface area (TPSA) is 63.4 Å².